The minimum Gasteiger partial charge on any atom is -0.870 e. The first-order valence-corrected chi connectivity index (χ1v) is 39.9. The van der Waals surface area contributed by atoms with Gasteiger partial charge in [-0.05, 0) is 226 Å². The van der Waals surface area contributed by atoms with Crippen molar-refractivity contribution < 1.29 is 151 Å². The Morgan fingerprint density at radius 1 is 0.434 bits per heavy atom. The molecule has 3 aliphatic heterocycles. The summed E-state index contributed by atoms with van der Waals surface area (Å²) in [4.78, 5) is 127. The van der Waals surface area contributed by atoms with Crippen molar-refractivity contribution in [2.24, 2.45) is 17.8 Å². The number of alkyl halides is 10. The molecule has 22 nitrogen and oxygen atoms in total. The molecule has 0 atom stereocenters. The second-order valence-corrected chi connectivity index (χ2v) is 34.0. The van der Waals surface area contributed by atoms with E-state index >= 15 is 0 Å². The molecule has 3 saturated heterocycles. The number of aryl methyl sites for hydroxylation is 1. The minimum absolute atomic E-state index is 0. The molecule has 3 heterocycles. The number of hydrogen-bond acceptors (Lipinski definition) is 17. The van der Waals surface area contributed by atoms with Crippen LogP contribution in [0.3, 0.4) is 0 Å². The van der Waals surface area contributed by atoms with Crippen molar-refractivity contribution in [2.45, 2.75) is 211 Å². The zero-order valence-corrected chi connectivity index (χ0v) is 73.5. The Labute approximate surface area is 731 Å². The van der Waals surface area contributed by atoms with E-state index in [-0.39, 0.29) is 155 Å². The number of ketones is 1. The summed E-state index contributed by atoms with van der Waals surface area (Å²) < 4.78 is 154. The molecule has 0 aromatic heterocycles. The molecule has 3 aliphatic carbocycles. The van der Waals surface area contributed by atoms with Gasteiger partial charge in [-0.25, -0.2) is 0 Å². The van der Waals surface area contributed by atoms with E-state index in [9.17, 15) is 82.7 Å². The molecule has 6 aromatic rings. The number of carbonyl (C=O) groups is 9. The average Bonchev–Trinajstić information content (AvgIpc) is 0.919. The summed E-state index contributed by atoms with van der Waals surface area (Å²) in [5, 5.41) is 0. The molecule has 0 bridgehead atoms. The van der Waals surface area contributed by atoms with Crippen LogP contribution in [-0.2, 0) is 120 Å². The van der Waals surface area contributed by atoms with Crippen molar-refractivity contribution in [1.29, 1.82) is 0 Å². The maximum absolute atomic E-state index is 13.8. The van der Waals surface area contributed by atoms with Crippen molar-refractivity contribution in [3.8, 4) is 17.2 Å². The van der Waals surface area contributed by atoms with Crippen LogP contribution in [0.1, 0.15) is 170 Å². The predicted molar refractivity (Wildman–Crippen MR) is 426 cm³/mol. The molecule has 658 valence electrons. The fourth-order valence-corrected chi connectivity index (χ4v) is 15.3. The van der Waals surface area contributed by atoms with Gasteiger partial charge in [0.15, 0.2) is 5.78 Å². The standard InChI is InChI=1S/C29H33ClF3NO5.2C28H31F3N2O5.C4H8O.Na.H2O/c1-27(2,3)39-26(37)21-15-28(16-21,24(35)14-9-19-7-12-23(38-4)13-8-19)34(25(36)17-30)18-20-5-10-22(11-6-20)29(31,32)33;2*1-26(2,3)38-24(35)20-13-27(14-20)25(36)32(15-18-7-11-22(37-4)12-8-18)17-23(34)33(27)16-19-5-9-21(10-6-19)28(29,30)31;1-2-4-5-3-1;;/h5-8,10-13,21H,9,14-18H2,1-4H3;2*5-12,20H,13-17H2,1-4H3;1-4H2;;1H2/q;;;;+1;/p-1. The Morgan fingerprint density at radius 3 is 1.00 bits per heavy atom. The molecule has 6 aliphatic rings. The van der Waals surface area contributed by atoms with Crippen molar-refractivity contribution >= 4 is 64.8 Å². The summed E-state index contributed by atoms with van der Waals surface area (Å²) in [6, 6.07) is 35.0. The Kier molecular flexibility index (Phi) is 33.6. The number of halogens is 10. The van der Waals surface area contributed by atoms with E-state index < -0.39 is 116 Å². The number of hydrogen-bond donors (Lipinski definition) is 0. The number of piperazine rings is 2. The number of methoxy groups -OCH3 is 3. The van der Waals surface area contributed by atoms with Gasteiger partial charge >= 0.3 is 66.0 Å². The van der Waals surface area contributed by atoms with Gasteiger partial charge in [0.1, 0.15) is 69.6 Å². The second kappa shape index (κ2) is 41.0. The monoisotopic (exact) mass is 1740 g/mol. The van der Waals surface area contributed by atoms with E-state index in [2.05, 4.69) is 0 Å². The van der Waals surface area contributed by atoms with Gasteiger partial charge in [0.05, 0.1) is 55.8 Å². The molecular formula is C89H104ClF9N5NaO17. The third kappa shape index (κ3) is 25.7. The Bertz CT molecular complexity index is 4370. The molecule has 0 radical (unpaired) electrons. The number of esters is 3. The Balaban J connectivity index is 0.000000242. The van der Waals surface area contributed by atoms with Gasteiger partial charge in [-0.1, -0.05) is 72.8 Å². The number of carbonyl (C=O) groups excluding carboxylic acids is 9. The zero-order chi connectivity index (χ0) is 88.3. The summed E-state index contributed by atoms with van der Waals surface area (Å²) >= 11 is 5.92. The van der Waals surface area contributed by atoms with E-state index in [4.69, 9.17) is 44.8 Å². The minimum atomic E-state index is -4.50. The first-order valence-electron chi connectivity index (χ1n) is 39.3. The van der Waals surface area contributed by atoms with Crippen LogP contribution in [0.5, 0.6) is 17.2 Å². The number of Topliss-reactive ketones (excluding diaryl/α,β-unsaturated/α-hetero) is 1. The van der Waals surface area contributed by atoms with Gasteiger partial charge in [-0.15, -0.1) is 11.6 Å². The van der Waals surface area contributed by atoms with Gasteiger partial charge in [-0.2, -0.15) is 39.5 Å². The van der Waals surface area contributed by atoms with Crippen molar-refractivity contribution in [3.05, 3.63) is 196 Å². The second-order valence-electron chi connectivity index (χ2n) is 33.8. The SMILES string of the molecule is C1CCOC1.COc1ccc(CCC(=O)C2(N(Cc3ccc(C(F)(F)F)cc3)C(=O)CCl)CC(C(=O)OC(C)(C)C)C2)cc1.COc1ccc(CN2CC(=O)N(Cc3ccc(C(F)(F)F)cc3)C3(CC(C(=O)OC(C)(C)C)C3)C2=O)cc1.COc1ccc(CN2CC(=O)N(Cc3ccc(C(F)(F)F)cc3)C3(CC(C(=O)OC(C)(C)C)C3)C2=O)cc1.[Na+].[OH-]. The van der Waals surface area contributed by atoms with Gasteiger partial charge in [0, 0.05) is 52.4 Å². The molecule has 12 rings (SSSR count). The number of ether oxygens (including phenoxy) is 7. The van der Waals surface area contributed by atoms with Crippen LogP contribution in [0.4, 0.5) is 39.5 Å². The van der Waals surface area contributed by atoms with Gasteiger partial charge in [0.25, 0.3) is 0 Å². The number of amides is 5. The molecule has 3 saturated carbocycles. The number of nitrogens with zero attached hydrogens (tertiary/aromatic N) is 5. The fourth-order valence-electron chi connectivity index (χ4n) is 15.2. The zero-order valence-electron chi connectivity index (χ0n) is 70.7. The topological polar surface area (TPSA) is 264 Å². The van der Waals surface area contributed by atoms with Crippen molar-refractivity contribution in [1.82, 2.24) is 24.5 Å². The molecule has 2 spiro atoms. The molecule has 122 heavy (non-hydrogen) atoms. The largest absolute Gasteiger partial charge is 1.00 e. The molecule has 5 amide bonds. The van der Waals surface area contributed by atoms with Gasteiger partial charge in [-0.3, -0.25) is 43.2 Å². The summed E-state index contributed by atoms with van der Waals surface area (Å²) in [6.45, 7) is 17.6. The van der Waals surface area contributed by atoms with Crippen LogP contribution in [0.2, 0.25) is 0 Å². The molecular weight excluding hydrogens is 1640 g/mol. The van der Waals surface area contributed by atoms with E-state index in [1.165, 1.54) is 73.7 Å². The first kappa shape index (κ1) is 99.8. The molecule has 0 unspecified atom stereocenters. The molecule has 6 fully saturated rings. The van der Waals surface area contributed by atoms with E-state index in [1.807, 2.05) is 36.4 Å². The van der Waals surface area contributed by atoms with Crippen LogP contribution < -0.4 is 43.8 Å². The van der Waals surface area contributed by atoms with Gasteiger partial charge in [0.2, 0.25) is 29.5 Å². The van der Waals surface area contributed by atoms with Crippen LogP contribution >= 0.6 is 11.6 Å². The van der Waals surface area contributed by atoms with E-state index in [1.54, 1.807) is 120 Å². The quantitative estimate of drug-likeness (QED) is 0.0201. The van der Waals surface area contributed by atoms with Crippen molar-refractivity contribution in [2.75, 3.05) is 53.5 Å². The van der Waals surface area contributed by atoms with Crippen LogP contribution in [0.25, 0.3) is 0 Å². The molecule has 33 heteroatoms. The summed E-state index contributed by atoms with van der Waals surface area (Å²) in [7, 11) is 4.65. The fraction of sp³-hybridized carbons (Fsp3) is 0.494. The van der Waals surface area contributed by atoms with Gasteiger partial charge < -0.3 is 63.1 Å². The summed E-state index contributed by atoms with van der Waals surface area (Å²) in [5.74, 6) is -3.55. The third-order valence-corrected chi connectivity index (χ3v) is 21.6. The number of benzene rings is 6. The normalized spacial score (nSPS) is 20.8. The number of rotatable bonds is 22. The van der Waals surface area contributed by atoms with Crippen molar-refractivity contribution in [3.63, 3.8) is 0 Å². The summed E-state index contributed by atoms with van der Waals surface area (Å²) in [5.41, 5.74) is -4.58. The molecule has 1 N–H and O–H groups in total. The maximum atomic E-state index is 13.8. The third-order valence-electron chi connectivity index (χ3n) is 21.4. The maximum Gasteiger partial charge on any atom is 1.00 e. The predicted octanol–water partition coefficient (Wildman–Crippen LogP) is 12.7. The first-order chi connectivity index (χ1) is 56.1. The Morgan fingerprint density at radius 2 is 0.721 bits per heavy atom. The van der Waals surface area contributed by atoms with Crippen LogP contribution in [0, 0.1) is 17.8 Å². The van der Waals surface area contributed by atoms with E-state index in [0.717, 1.165) is 66.3 Å². The van der Waals surface area contributed by atoms with Crippen LogP contribution in [0.15, 0.2) is 146 Å². The van der Waals surface area contributed by atoms with Crippen LogP contribution in [-0.4, -0.2) is 170 Å². The smallest absolute Gasteiger partial charge is 0.870 e. The molecule has 6 aromatic carbocycles. The average molecular weight is 1750 g/mol. The summed E-state index contributed by atoms with van der Waals surface area (Å²) in [6.07, 6.45) is -9.97. The Hall–Kier alpha value is -9.27. The van der Waals surface area contributed by atoms with E-state index in [0.29, 0.717) is 40.4 Å².